The summed E-state index contributed by atoms with van der Waals surface area (Å²) in [7, 11) is 0. The minimum atomic E-state index is -0.755. The first-order valence-electron chi connectivity index (χ1n) is 6.85. The third-order valence-electron chi connectivity index (χ3n) is 4.09. The van der Waals surface area contributed by atoms with Crippen LogP contribution in [0.4, 0.5) is 0 Å². The van der Waals surface area contributed by atoms with Crippen molar-refractivity contribution in [3.05, 3.63) is 35.4 Å². The van der Waals surface area contributed by atoms with E-state index in [-0.39, 0.29) is 5.41 Å². The van der Waals surface area contributed by atoms with Gasteiger partial charge in [-0.1, -0.05) is 45.0 Å². The number of ether oxygens (including phenoxy) is 1. The molecule has 1 heterocycles. The van der Waals surface area contributed by atoms with E-state index in [1.807, 2.05) is 0 Å². The Hall–Kier alpha value is -1.35. The monoisotopic (exact) mass is 262 g/mol. The summed E-state index contributed by atoms with van der Waals surface area (Å²) in [5, 5.41) is 9.26. The molecule has 0 radical (unpaired) electrons. The molecule has 1 unspecified atom stereocenters. The van der Waals surface area contributed by atoms with Crippen LogP contribution in [0, 0.1) is 11.8 Å². The second-order valence-electron chi connectivity index (χ2n) is 6.00. The van der Waals surface area contributed by atoms with Crippen LogP contribution in [0.2, 0.25) is 0 Å². The predicted molar refractivity (Wildman–Crippen MR) is 74.3 cm³/mol. The van der Waals surface area contributed by atoms with Gasteiger partial charge in [-0.15, -0.1) is 0 Å². The number of rotatable bonds is 5. The molecule has 1 aromatic carbocycles. The number of carbonyl (C=O) groups is 1. The maximum absolute atomic E-state index is 11.3. The maximum Gasteiger partial charge on any atom is 0.307 e. The average Bonchev–Trinajstić information content (AvgIpc) is 2.28. The third kappa shape index (κ3) is 2.66. The number of benzene rings is 1. The Morgan fingerprint density at radius 3 is 2.21 bits per heavy atom. The van der Waals surface area contributed by atoms with Crippen LogP contribution in [0.1, 0.15) is 31.9 Å². The first-order chi connectivity index (χ1) is 8.95. The van der Waals surface area contributed by atoms with Gasteiger partial charge in [0.25, 0.3) is 0 Å². The van der Waals surface area contributed by atoms with Crippen LogP contribution in [0.3, 0.4) is 0 Å². The van der Waals surface area contributed by atoms with Gasteiger partial charge in [0.05, 0.1) is 24.5 Å². The molecule has 3 nitrogen and oxygen atoms in total. The molecule has 1 saturated heterocycles. The van der Waals surface area contributed by atoms with Crippen molar-refractivity contribution in [3.63, 3.8) is 0 Å². The minimum absolute atomic E-state index is 0.345. The molecule has 19 heavy (non-hydrogen) atoms. The predicted octanol–water partition coefficient (Wildman–Crippen LogP) is 2.87. The zero-order valence-electron chi connectivity index (χ0n) is 11.8. The Labute approximate surface area is 114 Å². The normalized spacial score (nSPS) is 18.9. The standard InChI is InChI=1S/C16H22O3/c1-11(2)8-13-4-6-14(7-5-13)16(9-19-10-16)12(3)15(17)18/h4-7,11-12H,8-10H2,1-3H3,(H,17,18). The Morgan fingerprint density at radius 1 is 1.26 bits per heavy atom. The van der Waals surface area contributed by atoms with Crippen LogP contribution in [-0.2, 0) is 21.4 Å². The molecule has 0 spiro atoms. The SMILES string of the molecule is CC(C)Cc1ccc(C2(C(C)C(=O)O)COC2)cc1. The van der Waals surface area contributed by atoms with Crippen LogP contribution in [0.25, 0.3) is 0 Å². The zero-order valence-corrected chi connectivity index (χ0v) is 11.8. The van der Waals surface area contributed by atoms with Gasteiger partial charge in [0.2, 0.25) is 0 Å². The second kappa shape index (κ2) is 5.33. The Kier molecular flexibility index (Phi) is 3.95. The second-order valence-corrected chi connectivity index (χ2v) is 6.00. The highest BCUT2D eigenvalue weighted by molar-refractivity contribution is 5.72. The fraction of sp³-hybridized carbons (Fsp3) is 0.562. The molecule has 0 amide bonds. The summed E-state index contributed by atoms with van der Waals surface area (Å²) in [6, 6.07) is 8.37. The number of carboxylic acid groups (broad SMARTS) is 1. The number of carboxylic acids is 1. The average molecular weight is 262 g/mol. The Morgan fingerprint density at radius 2 is 1.84 bits per heavy atom. The molecule has 1 aliphatic heterocycles. The summed E-state index contributed by atoms with van der Waals surface area (Å²) in [6.45, 7) is 7.17. The first-order valence-corrected chi connectivity index (χ1v) is 6.85. The van der Waals surface area contributed by atoms with Crippen molar-refractivity contribution < 1.29 is 14.6 Å². The van der Waals surface area contributed by atoms with Crippen molar-refractivity contribution in [2.45, 2.75) is 32.6 Å². The Bertz CT molecular complexity index is 444. The van der Waals surface area contributed by atoms with Crippen LogP contribution in [0.15, 0.2) is 24.3 Å². The molecular weight excluding hydrogens is 240 g/mol. The van der Waals surface area contributed by atoms with E-state index in [1.54, 1.807) is 6.92 Å². The molecule has 0 bridgehead atoms. The van der Waals surface area contributed by atoms with Gasteiger partial charge in [-0.25, -0.2) is 0 Å². The highest BCUT2D eigenvalue weighted by Gasteiger charge is 2.48. The van der Waals surface area contributed by atoms with Gasteiger partial charge in [0, 0.05) is 0 Å². The van der Waals surface area contributed by atoms with E-state index in [2.05, 4.69) is 38.1 Å². The molecule has 1 N–H and O–H groups in total. The number of hydrogen-bond donors (Lipinski definition) is 1. The summed E-state index contributed by atoms with van der Waals surface area (Å²) >= 11 is 0. The Balaban J connectivity index is 2.22. The summed E-state index contributed by atoms with van der Waals surface area (Å²) in [5.74, 6) is -0.545. The fourth-order valence-electron chi connectivity index (χ4n) is 2.67. The topological polar surface area (TPSA) is 46.5 Å². The van der Waals surface area contributed by atoms with Crippen LogP contribution >= 0.6 is 0 Å². The number of hydrogen-bond acceptors (Lipinski definition) is 2. The molecule has 0 aromatic heterocycles. The van der Waals surface area contributed by atoms with E-state index in [1.165, 1.54) is 5.56 Å². The lowest BCUT2D eigenvalue weighted by molar-refractivity contribution is -0.155. The van der Waals surface area contributed by atoms with Crippen molar-refractivity contribution in [3.8, 4) is 0 Å². The highest BCUT2D eigenvalue weighted by Crippen LogP contribution is 2.39. The van der Waals surface area contributed by atoms with E-state index in [9.17, 15) is 9.90 Å². The van der Waals surface area contributed by atoms with Crippen molar-refractivity contribution in [2.24, 2.45) is 11.8 Å². The molecule has 1 aromatic rings. The number of aliphatic carboxylic acids is 1. The lowest BCUT2D eigenvalue weighted by Gasteiger charge is -2.44. The van der Waals surface area contributed by atoms with E-state index in [0.717, 1.165) is 12.0 Å². The molecule has 2 rings (SSSR count). The van der Waals surface area contributed by atoms with E-state index in [0.29, 0.717) is 19.1 Å². The van der Waals surface area contributed by atoms with Gasteiger partial charge in [-0.05, 0) is 23.5 Å². The molecule has 0 aliphatic carbocycles. The quantitative estimate of drug-likeness (QED) is 0.887. The summed E-state index contributed by atoms with van der Waals surface area (Å²) < 4.78 is 5.30. The zero-order chi connectivity index (χ0) is 14.0. The molecule has 1 fully saturated rings. The van der Waals surface area contributed by atoms with E-state index >= 15 is 0 Å². The van der Waals surface area contributed by atoms with Crippen molar-refractivity contribution in [1.82, 2.24) is 0 Å². The lowest BCUT2D eigenvalue weighted by atomic mass is 9.69. The van der Waals surface area contributed by atoms with Gasteiger partial charge >= 0.3 is 5.97 Å². The van der Waals surface area contributed by atoms with E-state index < -0.39 is 11.9 Å². The molecule has 0 saturated carbocycles. The van der Waals surface area contributed by atoms with E-state index in [4.69, 9.17) is 4.74 Å². The van der Waals surface area contributed by atoms with Crippen molar-refractivity contribution >= 4 is 5.97 Å². The van der Waals surface area contributed by atoms with Gasteiger partial charge in [0.15, 0.2) is 0 Å². The highest BCUT2D eigenvalue weighted by atomic mass is 16.5. The van der Waals surface area contributed by atoms with Gasteiger partial charge < -0.3 is 9.84 Å². The van der Waals surface area contributed by atoms with Gasteiger partial charge in [-0.2, -0.15) is 0 Å². The third-order valence-corrected chi connectivity index (χ3v) is 4.09. The van der Waals surface area contributed by atoms with Crippen LogP contribution in [-0.4, -0.2) is 24.3 Å². The van der Waals surface area contributed by atoms with Gasteiger partial charge in [0.1, 0.15) is 0 Å². The summed E-state index contributed by atoms with van der Waals surface area (Å²) in [5.41, 5.74) is 2.04. The molecule has 1 aliphatic rings. The lowest BCUT2D eigenvalue weighted by Crippen LogP contribution is -2.53. The maximum atomic E-state index is 11.3. The van der Waals surface area contributed by atoms with Crippen molar-refractivity contribution in [1.29, 1.82) is 0 Å². The summed E-state index contributed by atoms with van der Waals surface area (Å²) in [6.07, 6.45) is 1.05. The minimum Gasteiger partial charge on any atom is -0.481 e. The first kappa shape index (κ1) is 14.1. The fourth-order valence-corrected chi connectivity index (χ4v) is 2.67. The smallest absolute Gasteiger partial charge is 0.307 e. The molecular formula is C16H22O3. The van der Waals surface area contributed by atoms with Crippen LogP contribution in [0.5, 0.6) is 0 Å². The molecule has 1 atom stereocenters. The summed E-state index contributed by atoms with van der Waals surface area (Å²) in [4.78, 5) is 11.3. The largest absolute Gasteiger partial charge is 0.481 e. The molecule has 104 valence electrons. The molecule has 3 heteroatoms. The van der Waals surface area contributed by atoms with Gasteiger partial charge in [-0.3, -0.25) is 4.79 Å². The van der Waals surface area contributed by atoms with Crippen LogP contribution < -0.4 is 0 Å². The van der Waals surface area contributed by atoms with Crippen molar-refractivity contribution in [2.75, 3.05) is 13.2 Å².